The zero-order valence-corrected chi connectivity index (χ0v) is 6.54. The van der Waals surface area contributed by atoms with Crippen molar-refractivity contribution in [3.8, 4) is 11.9 Å². The van der Waals surface area contributed by atoms with Gasteiger partial charge in [-0.05, 0) is 11.6 Å². The SMILES string of the molecule is COc1cc(CC#N)cc(F)n1. The van der Waals surface area contributed by atoms with Crippen molar-refractivity contribution in [2.45, 2.75) is 6.42 Å². The van der Waals surface area contributed by atoms with Crippen LogP contribution in [-0.2, 0) is 6.42 Å². The summed E-state index contributed by atoms with van der Waals surface area (Å²) in [5.74, 6) is -0.431. The molecule has 0 saturated heterocycles. The molecular formula is C8H7FN2O. The van der Waals surface area contributed by atoms with Crippen LogP contribution in [0, 0.1) is 17.3 Å². The van der Waals surface area contributed by atoms with Crippen molar-refractivity contribution in [3.63, 3.8) is 0 Å². The number of aromatic nitrogens is 1. The van der Waals surface area contributed by atoms with E-state index in [1.165, 1.54) is 19.2 Å². The van der Waals surface area contributed by atoms with E-state index in [1.807, 2.05) is 6.07 Å². The molecule has 0 atom stereocenters. The minimum absolute atomic E-state index is 0.162. The smallest absolute Gasteiger partial charge is 0.216 e. The predicted molar refractivity (Wildman–Crippen MR) is 40.1 cm³/mol. The van der Waals surface area contributed by atoms with E-state index < -0.39 is 5.95 Å². The molecule has 1 heterocycles. The van der Waals surface area contributed by atoms with Gasteiger partial charge in [0.25, 0.3) is 0 Å². The van der Waals surface area contributed by atoms with Crippen molar-refractivity contribution < 1.29 is 9.13 Å². The Morgan fingerprint density at radius 1 is 1.67 bits per heavy atom. The zero-order valence-electron chi connectivity index (χ0n) is 6.54. The van der Waals surface area contributed by atoms with Gasteiger partial charge in [-0.15, -0.1) is 0 Å². The fourth-order valence-electron chi connectivity index (χ4n) is 0.821. The van der Waals surface area contributed by atoms with E-state index in [0.29, 0.717) is 5.56 Å². The molecule has 0 aliphatic rings. The fraction of sp³-hybridized carbons (Fsp3) is 0.250. The molecule has 0 radical (unpaired) electrons. The molecule has 0 N–H and O–H groups in total. The van der Waals surface area contributed by atoms with Crippen LogP contribution in [0.25, 0.3) is 0 Å². The fourth-order valence-corrected chi connectivity index (χ4v) is 0.821. The normalized spacial score (nSPS) is 9.08. The van der Waals surface area contributed by atoms with E-state index in [1.54, 1.807) is 0 Å². The average Bonchev–Trinajstić information content (AvgIpc) is 2.04. The Kier molecular flexibility index (Phi) is 2.59. The molecule has 0 saturated carbocycles. The second-order valence-electron chi connectivity index (χ2n) is 2.18. The second-order valence-corrected chi connectivity index (χ2v) is 2.18. The van der Waals surface area contributed by atoms with Crippen molar-refractivity contribution in [1.29, 1.82) is 5.26 Å². The number of pyridine rings is 1. The zero-order chi connectivity index (χ0) is 8.97. The van der Waals surface area contributed by atoms with Crippen LogP contribution < -0.4 is 4.74 Å². The minimum Gasteiger partial charge on any atom is -0.481 e. The van der Waals surface area contributed by atoms with Crippen LogP contribution in [0.15, 0.2) is 12.1 Å². The minimum atomic E-state index is -0.625. The van der Waals surface area contributed by atoms with Gasteiger partial charge in [-0.2, -0.15) is 14.6 Å². The molecule has 1 aromatic heterocycles. The van der Waals surface area contributed by atoms with Crippen molar-refractivity contribution in [3.05, 3.63) is 23.6 Å². The first-order chi connectivity index (χ1) is 5.76. The van der Waals surface area contributed by atoms with E-state index >= 15 is 0 Å². The Balaban J connectivity index is 2.99. The molecule has 1 rings (SSSR count). The van der Waals surface area contributed by atoms with E-state index in [2.05, 4.69) is 4.98 Å². The third-order valence-electron chi connectivity index (χ3n) is 1.32. The third-order valence-corrected chi connectivity index (χ3v) is 1.32. The summed E-state index contributed by atoms with van der Waals surface area (Å²) in [6.07, 6.45) is 0.162. The molecule has 12 heavy (non-hydrogen) atoms. The van der Waals surface area contributed by atoms with Crippen LogP contribution in [0.3, 0.4) is 0 Å². The van der Waals surface area contributed by atoms with Crippen LogP contribution in [0.1, 0.15) is 5.56 Å². The van der Waals surface area contributed by atoms with Crippen LogP contribution in [-0.4, -0.2) is 12.1 Å². The van der Waals surface area contributed by atoms with E-state index in [-0.39, 0.29) is 12.3 Å². The first-order valence-corrected chi connectivity index (χ1v) is 3.33. The van der Waals surface area contributed by atoms with Gasteiger partial charge in [-0.3, -0.25) is 0 Å². The standard InChI is InChI=1S/C8H7FN2O/c1-12-8-5-6(2-3-10)4-7(9)11-8/h4-5H,2H2,1H3. The molecule has 4 heteroatoms. The van der Waals surface area contributed by atoms with Crippen LogP contribution in [0.5, 0.6) is 5.88 Å². The molecule has 62 valence electrons. The van der Waals surface area contributed by atoms with Gasteiger partial charge in [0.1, 0.15) is 0 Å². The predicted octanol–water partition coefficient (Wildman–Crippen LogP) is 1.30. The van der Waals surface area contributed by atoms with Crippen LogP contribution in [0.4, 0.5) is 4.39 Å². The Hall–Kier alpha value is -1.63. The summed E-state index contributed by atoms with van der Waals surface area (Å²) in [5, 5.41) is 8.34. The number of methoxy groups -OCH3 is 1. The molecule has 0 aliphatic carbocycles. The average molecular weight is 166 g/mol. The molecule has 3 nitrogen and oxygen atoms in total. The monoisotopic (exact) mass is 166 g/mol. The highest BCUT2D eigenvalue weighted by atomic mass is 19.1. The van der Waals surface area contributed by atoms with Gasteiger partial charge >= 0.3 is 0 Å². The summed E-state index contributed by atoms with van der Waals surface area (Å²) in [7, 11) is 1.40. The lowest BCUT2D eigenvalue weighted by molar-refractivity contribution is 0.387. The van der Waals surface area contributed by atoms with Crippen molar-refractivity contribution in [1.82, 2.24) is 4.98 Å². The number of ether oxygens (including phenoxy) is 1. The number of rotatable bonds is 2. The molecule has 0 spiro atoms. The lowest BCUT2D eigenvalue weighted by Gasteiger charge is -1.99. The molecule has 0 aromatic carbocycles. The maximum atomic E-state index is 12.6. The van der Waals surface area contributed by atoms with E-state index in [0.717, 1.165) is 0 Å². The Labute approximate surface area is 69.4 Å². The number of hydrogen-bond donors (Lipinski definition) is 0. The van der Waals surface area contributed by atoms with E-state index in [9.17, 15) is 4.39 Å². The molecular weight excluding hydrogens is 159 g/mol. The van der Waals surface area contributed by atoms with Gasteiger partial charge in [-0.1, -0.05) is 0 Å². The Morgan fingerprint density at radius 2 is 2.42 bits per heavy atom. The van der Waals surface area contributed by atoms with Crippen molar-refractivity contribution in [2.24, 2.45) is 0 Å². The van der Waals surface area contributed by atoms with Gasteiger partial charge in [0.15, 0.2) is 0 Å². The molecule has 0 aliphatic heterocycles. The Bertz CT molecular complexity index is 319. The number of nitrogens with zero attached hydrogens (tertiary/aromatic N) is 2. The summed E-state index contributed by atoms with van der Waals surface area (Å²) in [5.41, 5.74) is 0.571. The maximum absolute atomic E-state index is 12.6. The van der Waals surface area contributed by atoms with Crippen LogP contribution in [0.2, 0.25) is 0 Å². The van der Waals surface area contributed by atoms with Gasteiger partial charge in [-0.25, -0.2) is 0 Å². The summed E-state index contributed by atoms with van der Waals surface area (Å²) in [6, 6.07) is 4.66. The summed E-state index contributed by atoms with van der Waals surface area (Å²) in [6.45, 7) is 0. The maximum Gasteiger partial charge on any atom is 0.216 e. The molecule has 0 bridgehead atoms. The molecule has 0 unspecified atom stereocenters. The summed E-state index contributed by atoms with van der Waals surface area (Å²) >= 11 is 0. The third kappa shape index (κ3) is 1.92. The quantitative estimate of drug-likeness (QED) is 0.622. The van der Waals surface area contributed by atoms with E-state index in [4.69, 9.17) is 10.00 Å². The molecule has 0 amide bonds. The largest absolute Gasteiger partial charge is 0.481 e. The molecule has 1 aromatic rings. The highest BCUT2D eigenvalue weighted by molar-refractivity contribution is 5.23. The summed E-state index contributed by atoms with van der Waals surface area (Å²) in [4.78, 5) is 3.44. The van der Waals surface area contributed by atoms with Gasteiger partial charge in [0, 0.05) is 6.07 Å². The first-order valence-electron chi connectivity index (χ1n) is 3.33. The lowest BCUT2D eigenvalue weighted by atomic mass is 10.2. The van der Waals surface area contributed by atoms with Gasteiger partial charge in [0.05, 0.1) is 19.6 Å². The number of halogens is 1. The second kappa shape index (κ2) is 3.67. The Morgan fingerprint density at radius 3 is 3.00 bits per heavy atom. The van der Waals surface area contributed by atoms with Crippen molar-refractivity contribution >= 4 is 0 Å². The summed E-state index contributed by atoms with van der Waals surface area (Å²) < 4.78 is 17.4. The lowest BCUT2D eigenvalue weighted by Crippen LogP contribution is -1.93. The topological polar surface area (TPSA) is 45.9 Å². The van der Waals surface area contributed by atoms with Crippen LogP contribution >= 0.6 is 0 Å². The number of hydrogen-bond acceptors (Lipinski definition) is 3. The van der Waals surface area contributed by atoms with Crippen molar-refractivity contribution in [2.75, 3.05) is 7.11 Å². The first kappa shape index (κ1) is 8.47. The molecule has 0 fully saturated rings. The highest BCUT2D eigenvalue weighted by Crippen LogP contribution is 2.11. The van der Waals surface area contributed by atoms with Gasteiger partial charge in [0.2, 0.25) is 11.8 Å². The van der Waals surface area contributed by atoms with Gasteiger partial charge < -0.3 is 4.74 Å². The number of nitriles is 1. The highest BCUT2D eigenvalue weighted by Gasteiger charge is 2.01.